The fraction of sp³-hybridized carbons (Fsp3) is 0. The van der Waals surface area contributed by atoms with E-state index in [1.54, 1.807) is 0 Å². The maximum atomic E-state index is 5.16. The molecule has 0 amide bonds. The molecule has 0 spiro atoms. The predicted octanol–water partition coefficient (Wildman–Crippen LogP) is 18.3. The van der Waals surface area contributed by atoms with Crippen LogP contribution in [0.25, 0.3) is 137 Å². The molecule has 13 aromatic carbocycles. The normalized spacial score (nSPS) is 11.8. The average Bonchev–Trinajstić information content (AvgIpc) is 3.81. The molecule has 0 atom stereocenters. The molecule has 0 bridgehead atoms. The van der Waals surface area contributed by atoms with Gasteiger partial charge in [0, 0.05) is 11.3 Å². The van der Waals surface area contributed by atoms with Gasteiger partial charge < -0.3 is 0 Å². The van der Waals surface area contributed by atoms with Crippen LogP contribution in [0.2, 0.25) is 0 Å². The van der Waals surface area contributed by atoms with E-state index < -0.39 is 0 Å². The highest BCUT2D eigenvalue weighted by Crippen LogP contribution is 2.47. The van der Waals surface area contributed by atoms with Crippen LogP contribution in [-0.2, 0) is 0 Å². The van der Waals surface area contributed by atoms with Crippen molar-refractivity contribution < 1.29 is 0 Å². The van der Waals surface area contributed by atoms with Crippen LogP contribution in [0.5, 0.6) is 0 Å². The lowest BCUT2D eigenvalue weighted by atomic mass is 9.84. The number of rotatable bonds is 6. The number of benzene rings is 13. The second-order valence-corrected chi connectivity index (χ2v) is 18.2. The smallest absolute Gasteiger partial charge is 0.145 e. The summed E-state index contributed by atoms with van der Waals surface area (Å²) in [7, 11) is 0. The van der Waals surface area contributed by atoms with E-state index >= 15 is 0 Å². The van der Waals surface area contributed by atoms with Crippen LogP contribution in [0.3, 0.4) is 0 Å². The van der Waals surface area contributed by atoms with Crippen molar-refractivity contribution in [3.05, 3.63) is 255 Å². The summed E-state index contributed by atoms with van der Waals surface area (Å²) in [4.78, 5) is 5.16. The minimum absolute atomic E-state index is 0.930. The zero-order chi connectivity index (χ0) is 45.4. The van der Waals surface area contributed by atoms with Gasteiger partial charge in [-0.2, -0.15) is 0 Å². The standard InChI is InChI=1S/C67H42N2/c1-2-18-52(19-3-1)69-62-29-15-14-28-61(62)68-67(69)45-33-31-44(32-34-45)63-53-20-6-8-22-55(53)65(56-23-9-7-21-54(56)63)50-38-35-48-42-51(39-36-47(48)41-50)66-59-26-12-10-24-57(59)64(58-25-11-13-27-60(58)66)49-37-30-43-16-4-5-17-46(43)40-49/h1-42H. The zero-order valence-corrected chi connectivity index (χ0v) is 37.6. The number of aromatic nitrogens is 2. The molecule has 0 saturated carbocycles. The number of hydrogen-bond acceptors (Lipinski definition) is 1. The summed E-state index contributed by atoms with van der Waals surface area (Å²) in [5.74, 6) is 0.930. The van der Waals surface area contributed by atoms with Gasteiger partial charge in [0.05, 0.1) is 11.0 Å². The predicted molar refractivity (Wildman–Crippen MR) is 293 cm³/mol. The van der Waals surface area contributed by atoms with Crippen LogP contribution in [-0.4, -0.2) is 9.55 Å². The Balaban J connectivity index is 0.887. The molecule has 0 saturated heterocycles. The number of fused-ring (bicyclic) bond motifs is 7. The molecule has 0 aliphatic rings. The lowest BCUT2D eigenvalue weighted by Crippen LogP contribution is -1.97. The van der Waals surface area contributed by atoms with Gasteiger partial charge in [-0.3, -0.25) is 4.57 Å². The molecular formula is C67H42N2. The molecule has 0 aliphatic heterocycles. The molecule has 320 valence electrons. The SMILES string of the molecule is c1ccc(-n2c(-c3ccc(-c4c5ccccc5c(-c5ccc6cc(-c7c8ccccc8c(-c8ccc9ccccc9c8)c8ccccc78)ccc6c5)c5ccccc45)cc3)nc3ccccc32)cc1. The van der Waals surface area contributed by atoms with Crippen molar-refractivity contribution in [2.75, 3.05) is 0 Å². The van der Waals surface area contributed by atoms with Gasteiger partial charge in [0.25, 0.3) is 0 Å². The summed E-state index contributed by atoms with van der Waals surface area (Å²) in [6.45, 7) is 0. The molecule has 2 nitrogen and oxygen atoms in total. The molecule has 0 unspecified atom stereocenters. The van der Waals surface area contributed by atoms with E-state index in [1.165, 1.54) is 109 Å². The fourth-order valence-corrected chi connectivity index (χ4v) is 11.2. The Kier molecular flexibility index (Phi) is 8.93. The van der Waals surface area contributed by atoms with E-state index in [2.05, 4.69) is 259 Å². The summed E-state index contributed by atoms with van der Waals surface area (Å²) in [6.07, 6.45) is 0. The van der Waals surface area contributed by atoms with Gasteiger partial charge in [0.2, 0.25) is 0 Å². The fourth-order valence-electron chi connectivity index (χ4n) is 11.2. The van der Waals surface area contributed by atoms with Crippen LogP contribution in [0.15, 0.2) is 255 Å². The molecule has 1 aromatic heterocycles. The monoisotopic (exact) mass is 874 g/mol. The summed E-state index contributed by atoms with van der Waals surface area (Å²) in [6, 6.07) is 93.3. The Morgan fingerprint density at radius 1 is 0.246 bits per heavy atom. The van der Waals surface area contributed by atoms with Crippen molar-refractivity contribution in [1.29, 1.82) is 0 Å². The molecule has 0 fully saturated rings. The van der Waals surface area contributed by atoms with E-state index in [0.717, 1.165) is 28.1 Å². The summed E-state index contributed by atoms with van der Waals surface area (Å²) < 4.78 is 2.27. The molecule has 0 N–H and O–H groups in total. The summed E-state index contributed by atoms with van der Waals surface area (Å²) in [5.41, 5.74) is 14.1. The highest BCUT2D eigenvalue weighted by atomic mass is 15.1. The minimum Gasteiger partial charge on any atom is -0.292 e. The maximum absolute atomic E-state index is 5.16. The van der Waals surface area contributed by atoms with Crippen LogP contribution in [0.1, 0.15) is 0 Å². The third-order valence-corrected chi connectivity index (χ3v) is 14.3. The van der Waals surface area contributed by atoms with Crippen LogP contribution < -0.4 is 0 Å². The van der Waals surface area contributed by atoms with E-state index in [0.29, 0.717) is 0 Å². The van der Waals surface area contributed by atoms with Crippen LogP contribution >= 0.6 is 0 Å². The van der Waals surface area contributed by atoms with E-state index in [9.17, 15) is 0 Å². The second-order valence-electron chi connectivity index (χ2n) is 18.2. The maximum Gasteiger partial charge on any atom is 0.145 e. The third-order valence-electron chi connectivity index (χ3n) is 14.3. The highest BCUT2D eigenvalue weighted by molar-refractivity contribution is 6.23. The van der Waals surface area contributed by atoms with Gasteiger partial charge in [0.1, 0.15) is 5.82 Å². The number of nitrogens with zero attached hydrogens (tertiary/aromatic N) is 2. The van der Waals surface area contributed by atoms with Gasteiger partial charge in [-0.15, -0.1) is 0 Å². The Morgan fingerprint density at radius 3 is 1.06 bits per heavy atom. The Labute approximate surface area is 399 Å². The Hall–Kier alpha value is -9.11. The number of imidazole rings is 1. The molecule has 14 rings (SSSR count). The van der Waals surface area contributed by atoms with E-state index in [4.69, 9.17) is 4.98 Å². The van der Waals surface area contributed by atoms with Crippen molar-refractivity contribution in [2.24, 2.45) is 0 Å². The molecule has 14 aromatic rings. The summed E-state index contributed by atoms with van der Waals surface area (Å²) >= 11 is 0. The first-order valence-electron chi connectivity index (χ1n) is 23.8. The first-order chi connectivity index (χ1) is 34.2. The lowest BCUT2D eigenvalue weighted by Gasteiger charge is -2.19. The molecule has 1 heterocycles. The van der Waals surface area contributed by atoms with Crippen LogP contribution in [0.4, 0.5) is 0 Å². The van der Waals surface area contributed by atoms with Crippen LogP contribution in [0, 0.1) is 0 Å². The molecule has 69 heavy (non-hydrogen) atoms. The second kappa shape index (κ2) is 15.8. The Bertz CT molecular complexity index is 4240. The van der Waals surface area contributed by atoms with Gasteiger partial charge in [-0.05, 0) is 152 Å². The van der Waals surface area contributed by atoms with Crippen molar-refractivity contribution in [1.82, 2.24) is 9.55 Å². The van der Waals surface area contributed by atoms with Crippen molar-refractivity contribution in [2.45, 2.75) is 0 Å². The summed E-state index contributed by atoms with van der Waals surface area (Å²) in [5, 5.41) is 14.9. The van der Waals surface area contributed by atoms with Gasteiger partial charge in [-0.25, -0.2) is 4.98 Å². The van der Waals surface area contributed by atoms with Crippen molar-refractivity contribution >= 4 is 75.7 Å². The first-order valence-corrected chi connectivity index (χ1v) is 23.8. The van der Waals surface area contributed by atoms with Gasteiger partial charge >= 0.3 is 0 Å². The molecular weight excluding hydrogens is 833 g/mol. The largest absolute Gasteiger partial charge is 0.292 e. The molecule has 0 aliphatic carbocycles. The average molecular weight is 875 g/mol. The van der Waals surface area contributed by atoms with Crippen molar-refractivity contribution in [3.63, 3.8) is 0 Å². The minimum atomic E-state index is 0.930. The number of para-hydroxylation sites is 3. The lowest BCUT2D eigenvalue weighted by molar-refractivity contribution is 1.10. The van der Waals surface area contributed by atoms with E-state index in [1.807, 2.05) is 0 Å². The highest BCUT2D eigenvalue weighted by Gasteiger charge is 2.20. The van der Waals surface area contributed by atoms with E-state index in [-0.39, 0.29) is 0 Å². The molecule has 2 heteroatoms. The first kappa shape index (κ1) is 39.1. The zero-order valence-electron chi connectivity index (χ0n) is 37.6. The topological polar surface area (TPSA) is 17.8 Å². The van der Waals surface area contributed by atoms with Crippen molar-refractivity contribution in [3.8, 4) is 61.6 Å². The Morgan fingerprint density at radius 2 is 0.580 bits per heavy atom. The number of hydrogen-bond donors (Lipinski definition) is 0. The van der Waals surface area contributed by atoms with Gasteiger partial charge in [-0.1, -0.05) is 212 Å². The van der Waals surface area contributed by atoms with Gasteiger partial charge in [0.15, 0.2) is 0 Å². The quantitative estimate of drug-likeness (QED) is 0.152. The third kappa shape index (κ3) is 6.30. The molecule has 0 radical (unpaired) electrons.